The van der Waals surface area contributed by atoms with Crippen LogP contribution < -0.4 is 5.32 Å². The third kappa shape index (κ3) is 9.96. The fourth-order valence-corrected chi connectivity index (χ4v) is 1.14. The maximum Gasteiger partial charge on any atom is 0.00965 e. The standard InChI is InChI=1S/C11H25N/c1-10(2)8-6-7-9-12-11(3,4)5/h10,12H,6-9H2,1-5H3. The van der Waals surface area contributed by atoms with Crippen LogP contribution in [0.1, 0.15) is 53.9 Å². The van der Waals surface area contributed by atoms with Crippen LogP contribution >= 0.6 is 0 Å². The van der Waals surface area contributed by atoms with Gasteiger partial charge in [-0.2, -0.15) is 0 Å². The van der Waals surface area contributed by atoms with Crippen LogP contribution in [0.15, 0.2) is 0 Å². The van der Waals surface area contributed by atoms with Crippen LogP contribution in [0.5, 0.6) is 0 Å². The van der Waals surface area contributed by atoms with Crippen molar-refractivity contribution < 1.29 is 0 Å². The summed E-state index contributed by atoms with van der Waals surface area (Å²) in [7, 11) is 0. The minimum atomic E-state index is 0.290. The summed E-state index contributed by atoms with van der Waals surface area (Å²) in [6.45, 7) is 12.4. The molecule has 0 amide bonds. The summed E-state index contributed by atoms with van der Waals surface area (Å²) < 4.78 is 0. The summed E-state index contributed by atoms with van der Waals surface area (Å²) in [5.41, 5.74) is 0.290. The number of nitrogens with one attached hydrogen (secondary N) is 1. The fraction of sp³-hybridized carbons (Fsp3) is 1.00. The molecular formula is C11H25N. The second-order valence-electron chi connectivity index (χ2n) is 5.07. The number of rotatable bonds is 5. The van der Waals surface area contributed by atoms with Gasteiger partial charge in [-0.3, -0.25) is 0 Å². The highest BCUT2D eigenvalue weighted by Crippen LogP contribution is 2.06. The average Bonchev–Trinajstić information content (AvgIpc) is 1.83. The fourth-order valence-electron chi connectivity index (χ4n) is 1.14. The Balaban J connectivity index is 3.12. The SMILES string of the molecule is CC(C)CCCCNC(C)(C)C. The predicted molar refractivity (Wildman–Crippen MR) is 56.4 cm³/mol. The van der Waals surface area contributed by atoms with E-state index in [-0.39, 0.29) is 5.54 Å². The van der Waals surface area contributed by atoms with Gasteiger partial charge >= 0.3 is 0 Å². The number of hydrogen-bond acceptors (Lipinski definition) is 1. The van der Waals surface area contributed by atoms with Crippen LogP contribution in [0.25, 0.3) is 0 Å². The molecule has 1 N–H and O–H groups in total. The number of unbranched alkanes of at least 4 members (excludes halogenated alkanes) is 1. The van der Waals surface area contributed by atoms with Crippen molar-refractivity contribution in [1.29, 1.82) is 0 Å². The summed E-state index contributed by atoms with van der Waals surface area (Å²) in [4.78, 5) is 0. The highest BCUT2D eigenvalue weighted by molar-refractivity contribution is 4.69. The monoisotopic (exact) mass is 171 g/mol. The molecular weight excluding hydrogens is 146 g/mol. The molecule has 0 atom stereocenters. The molecule has 0 unspecified atom stereocenters. The predicted octanol–water partition coefficient (Wildman–Crippen LogP) is 3.20. The van der Waals surface area contributed by atoms with Crippen LogP contribution in [-0.4, -0.2) is 12.1 Å². The molecule has 0 spiro atoms. The van der Waals surface area contributed by atoms with Crippen molar-refractivity contribution in [3.8, 4) is 0 Å². The van der Waals surface area contributed by atoms with Gasteiger partial charge < -0.3 is 5.32 Å². The number of hydrogen-bond donors (Lipinski definition) is 1. The highest BCUT2D eigenvalue weighted by atomic mass is 14.9. The first-order chi connectivity index (χ1) is 5.42. The lowest BCUT2D eigenvalue weighted by Gasteiger charge is -2.20. The molecule has 0 aromatic rings. The molecule has 0 saturated heterocycles. The molecule has 0 bridgehead atoms. The van der Waals surface area contributed by atoms with E-state index >= 15 is 0 Å². The van der Waals surface area contributed by atoms with E-state index in [9.17, 15) is 0 Å². The minimum Gasteiger partial charge on any atom is -0.312 e. The van der Waals surface area contributed by atoms with Crippen LogP contribution in [0.4, 0.5) is 0 Å². The molecule has 0 rings (SSSR count). The van der Waals surface area contributed by atoms with Crippen molar-refractivity contribution in [1.82, 2.24) is 5.32 Å². The molecule has 0 heterocycles. The average molecular weight is 171 g/mol. The van der Waals surface area contributed by atoms with Crippen LogP contribution in [0, 0.1) is 5.92 Å². The van der Waals surface area contributed by atoms with Crippen molar-refractivity contribution in [2.24, 2.45) is 5.92 Å². The van der Waals surface area contributed by atoms with Gasteiger partial charge in [0.05, 0.1) is 0 Å². The zero-order chi connectivity index (χ0) is 9.61. The van der Waals surface area contributed by atoms with Gasteiger partial charge in [-0.1, -0.05) is 26.7 Å². The Kier molecular flexibility index (Phi) is 5.56. The van der Waals surface area contributed by atoms with Gasteiger partial charge in [0.2, 0.25) is 0 Å². The van der Waals surface area contributed by atoms with E-state index < -0.39 is 0 Å². The minimum absolute atomic E-state index is 0.290. The Bertz CT molecular complexity index is 100. The van der Waals surface area contributed by atoms with E-state index in [1.54, 1.807) is 0 Å². The van der Waals surface area contributed by atoms with E-state index in [0.717, 1.165) is 12.5 Å². The Labute approximate surface area is 77.9 Å². The Morgan fingerprint density at radius 3 is 2.08 bits per heavy atom. The second-order valence-corrected chi connectivity index (χ2v) is 5.07. The maximum absolute atomic E-state index is 3.50. The smallest absolute Gasteiger partial charge is 0.00965 e. The quantitative estimate of drug-likeness (QED) is 0.626. The van der Waals surface area contributed by atoms with E-state index in [1.807, 2.05) is 0 Å². The lowest BCUT2D eigenvalue weighted by molar-refractivity contribution is 0.411. The Morgan fingerprint density at radius 1 is 1.08 bits per heavy atom. The molecule has 0 aromatic heterocycles. The Hall–Kier alpha value is -0.0400. The van der Waals surface area contributed by atoms with Gasteiger partial charge in [0, 0.05) is 5.54 Å². The maximum atomic E-state index is 3.50. The van der Waals surface area contributed by atoms with E-state index in [1.165, 1.54) is 19.3 Å². The molecule has 0 radical (unpaired) electrons. The third-order valence-electron chi connectivity index (χ3n) is 1.86. The van der Waals surface area contributed by atoms with Crippen molar-refractivity contribution in [3.05, 3.63) is 0 Å². The summed E-state index contributed by atoms with van der Waals surface area (Å²) in [6.07, 6.45) is 4.04. The Morgan fingerprint density at radius 2 is 1.67 bits per heavy atom. The molecule has 0 aromatic carbocycles. The van der Waals surface area contributed by atoms with Crippen LogP contribution in [0.3, 0.4) is 0 Å². The van der Waals surface area contributed by atoms with Crippen molar-refractivity contribution in [2.75, 3.05) is 6.54 Å². The normalized spacial score (nSPS) is 12.5. The van der Waals surface area contributed by atoms with Crippen molar-refractivity contribution in [2.45, 2.75) is 59.4 Å². The summed E-state index contributed by atoms with van der Waals surface area (Å²) in [5, 5.41) is 3.50. The molecule has 12 heavy (non-hydrogen) atoms. The topological polar surface area (TPSA) is 12.0 Å². The summed E-state index contributed by atoms with van der Waals surface area (Å²) >= 11 is 0. The highest BCUT2D eigenvalue weighted by Gasteiger charge is 2.06. The first kappa shape index (κ1) is 12.0. The van der Waals surface area contributed by atoms with E-state index in [2.05, 4.69) is 39.9 Å². The van der Waals surface area contributed by atoms with E-state index in [0.29, 0.717) is 0 Å². The molecule has 1 nitrogen and oxygen atoms in total. The molecule has 0 aliphatic rings. The van der Waals surface area contributed by atoms with Crippen LogP contribution in [0.2, 0.25) is 0 Å². The second kappa shape index (κ2) is 5.58. The lowest BCUT2D eigenvalue weighted by atomic mass is 10.1. The zero-order valence-electron chi connectivity index (χ0n) is 9.41. The van der Waals surface area contributed by atoms with E-state index in [4.69, 9.17) is 0 Å². The van der Waals surface area contributed by atoms with Gasteiger partial charge in [0.25, 0.3) is 0 Å². The zero-order valence-corrected chi connectivity index (χ0v) is 9.41. The molecule has 0 aliphatic carbocycles. The first-order valence-corrected chi connectivity index (χ1v) is 5.17. The summed E-state index contributed by atoms with van der Waals surface area (Å²) in [5.74, 6) is 0.861. The van der Waals surface area contributed by atoms with Crippen LogP contribution in [-0.2, 0) is 0 Å². The largest absolute Gasteiger partial charge is 0.312 e. The molecule has 1 heteroatoms. The summed E-state index contributed by atoms with van der Waals surface area (Å²) in [6, 6.07) is 0. The molecule has 0 saturated carbocycles. The van der Waals surface area contributed by atoms with Gasteiger partial charge in [-0.05, 0) is 39.7 Å². The van der Waals surface area contributed by atoms with Gasteiger partial charge in [-0.15, -0.1) is 0 Å². The van der Waals surface area contributed by atoms with Gasteiger partial charge in [0.1, 0.15) is 0 Å². The molecule has 74 valence electrons. The first-order valence-electron chi connectivity index (χ1n) is 5.17. The lowest BCUT2D eigenvalue weighted by Crippen LogP contribution is -2.36. The molecule has 0 aliphatic heterocycles. The van der Waals surface area contributed by atoms with Gasteiger partial charge in [-0.25, -0.2) is 0 Å². The third-order valence-corrected chi connectivity index (χ3v) is 1.86. The molecule has 0 fully saturated rings. The van der Waals surface area contributed by atoms with Crippen molar-refractivity contribution in [3.63, 3.8) is 0 Å². The van der Waals surface area contributed by atoms with Gasteiger partial charge in [0.15, 0.2) is 0 Å². The van der Waals surface area contributed by atoms with Crippen molar-refractivity contribution >= 4 is 0 Å².